The van der Waals surface area contributed by atoms with Crippen molar-refractivity contribution in [1.82, 2.24) is 9.78 Å². The summed E-state index contributed by atoms with van der Waals surface area (Å²) in [5.41, 5.74) is 0.532. The minimum atomic E-state index is -0.871. The molecule has 25 heavy (non-hydrogen) atoms. The Kier molecular flexibility index (Phi) is 6.04. The van der Waals surface area contributed by atoms with Crippen LogP contribution in [0.25, 0.3) is 0 Å². The monoisotopic (exact) mass is 348 g/mol. The number of carboxylic acids is 1. The van der Waals surface area contributed by atoms with Gasteiger partial charge in [0.05, 0.1) is 24.0 Å². The van der Waals surface area contributed by atoms with Crippen LogP contribution in [0.4, 0.5) is 11.5 Å². The smallest absolute Gasteiger partial charge is 0.389 e. The van der Waals surface area contributed by atoms with Crippen LogP contribution < -0.4 is 10.1 Å². The van der Waals surface area contributed by atoms with Crippen LogP contribution in [0.1, 0.15) is 12.8 Å². The van der Waals surface area contributed by atoms with Crippen LogP contribution >= 0.6 is 0 Å². The number of anilines is 1. The van der Waals surface area contributed by atoms with E-state index < -0.39 is 10.9 Å². The summed E-state index contributed by atoms with van der Waals surface area (Å²) in [6.07, 6.45) is 1.80. The summed E-state index contributed by atoms with van der Waals surface area (Å²) >= 11 is 0. The second kappa shape index (κ2) is 8.43. The number of benzene rings is 1. The van der Waals surface area contributed by atoms with E-state index in [9.17, 15) is 19.7 Å². The maximum atomic E-state index is 11.9. The molecule has 0 aliphatic carbocycles. The van der Waals surface area contributed by atoms with E-state index in [0.29, 0.717) is 17.9 Å². The number of carboxylic acid groups (broad SMARTS) is 1. The fourth-order valence-electron chi connectivity index (χ4n) is 1.93. The maximum absolute atomic E-state index is 11.9. The molecule has 1 heterocycles. The van der Waals surface area contributed by atoms with E-state index in [1.54, 1.807) is 24.3 Å². The predicted octanol–water partition coefficient (Wildman–Crippen LogP) is 1.67. The number of rotatable bonds is 9. The van der Waals surface area contributed by atoms with E-state index in [-0.39, 0.29) is 31.3 Å². The zero-order valence-corrected chi connectivity index (χ0v) is 13.1. The van der Waals surface area contributed by atoms with Crippen molar-refractivity contribution >= 4 is 23.4 Å². The minimum absolute atomic E-state index is 0.0414. The lowest BCUT2D eigenvalue weighted by Crippen LogP contribution is -2.19. The molecule has 2 rings (SSSR count). The average molecular weight is 348 g/mol. The normalized spacial score (nSPS) is 10.2. The minimum Gasteiger partial charge on any atom is -0.494 e. The molecule has 10 nitrogen and oxygen atoms in total. The van der Waals surface area contributed by atoms with E-state index in [0.717, 1.165) is 0 Å². The molecule has 0 unspecified atom stereocenters. The third-order valence-electron chi connectivity index (χ3n) is 3.06. The Morgan fingerprint density at radius 1 is 1.28 bits per heavy atom. The van der Waals surface area contributed by atoms with Gasteiger partial charge >= 0.3 is 11.8 Å². The molecule has 1 aromatic heterocycles. The Bertz CT molecular complexity index is 756. The molecule has 0 aliphatic heterocycles. The van der Waals surface area contributed by atoms with Gasteiger partial charge in [-0.25, -0.2) is 0 Å². The van der Waals surface area contributed by atoms with Gasteiger partial charge in [-0.05, 0) is 35.6 Å². The van der Waals surface area contributed by atoms with Crippen molar-refractivity contribution in [2.45, 2.75) is 19.4 Å². The topological polar surface area (TPSA) is 137 Å². The number of aliphatic carboxylic acids is 1. The first kappa shape index (κ1) is 17.9. The van der Waals surface area contributed by atoms with E-state index >= 15 is 0 Å². The highest BCUT2D eigenvalue weighted by Gasteiger charge is 2.13. The van der Waals surface area contributed by atoms with Crippen LogP contribution in [-0.4, -0.2) is 38.3 Å². The number of aromatic nitrogens is 2. The van der Waals surface area contributed by atoms with Crippen molar-refractivity contribution in [2.75, 3.05) is 11.9 Å². The summed E-state index contributed by atoms with van der Waals surface area (Å²) in [6.45, 7) is 0.136. The molecule has 10 heteroatoms. The number of nitrogens with one attached hydrogen (secondary N) is 1. The number of carbonyl (C=O) groups excluding carboxylic acids is 1. The molecule has 2 aromatic rings. The molecule has 0 radical (unpaired) electrons. The van der Waals surface area contributed by atoms with Crippen LogP contribution in [0.2, 0.25) is 0 Å². The van der Waals surface area contributed by atoms with Gasteiger partial charge < -0.3 is 25.3 Å². The molecule has 2 N–H and O–H groups in total. The molecule has 0 saturated heterocycles. The quantitative estimate of drug-likeness (QED) is 0.399. The molecule has 0 atom stereocenters. The Labute approximate surface area is 142 Å². The first-order valence-electron chi connectivity index (χ1n) is 7.36. The molecule has 1 aromatic carbocycles. The van der Waals surface area contributed by atoms with Crippen molar-refractivity contribution < 1.29 is 24.4 Å². The molecule has 0 aliphatic rings. The fourth-order valence-corrected chi connectivity index (χ4v) is 1.93. The summed E-state index contributed by atoms with van der Waals surface area (Å²) in [4.78, 5) is 32.2. The van der Waals surface area contributed by atoms with Gasteiger partial charge in [-0.1, -0.05) is 0 Å². The summed E-state index contributed by atoms with van der Waals surface area (Å²) < 4.78 is 6.56. The summed E-state index contributed by atoms with van der Waals surface area (Å²) in [7, 11) is 0. The second-order valence-electron chi connectivity index (χ2n) is 5.05. The molecule has 0 saturated carbocycles. The van der Waals surface area contributed by atoms with Gasteiger partial charge in [-0.15, -0.1) is 0 Å². The summed E-state index contributed by atoms with van der Waals surface area (Å²) in [5, 5.41) is 25.4. The van der Waals surface area contributed by atoms with E-state index in [2.05, 4.69) is 10.4 Å². The Morgan fingerprint density at radius 3 is 2.60 bits per heavy atom. The summed E-state index contributed by atoms with van der Waals surface area (Å²) in [6, 6.07) is 7.78. The lowest BCUT2D eigenvalue weighted by atomic mass is 10.3. The van der Waals surface area contributed by atoms with Gasteiger partial charge in [-0.2, -0.15) is 4.68 Å². The molecular formula is C15H16N4O6. The van der Waals surface area contributed by atoms with Gasteiger partial charge in [0.15, 0.2) is 0 Å². The van der Waals surface area contributed by atoms with Crippen molar-refractivity contribution in [2.24, 2.45) is 0 Å². The third kappa shape index (κ3) is 5.94. The van der Waals surface area contributed by atoms with Gasteiger partial charge in [0.2, 0.25) is 5.91 Å². The number of ether oxygens (including phenoxy) is 1. The lowest BCUT2D eigenvalue weighted by molar-refractivity contribution is -0.389. The number of nitrogens with zero attached hydrogens (tertiary/aromatic N) is 3. The highest BCUT2D eigenvalue weighted by atomic mass is 16.6. The van der Waals surface area contributed by atoms with Crippen LogP contribution in [0.3, 0.4) is 0 Å². The zero-order valence-electron chi connectivity index (χ0n) is 13.1. The Morgan fingerprint density at radius 2 is 2.00 bits per heavy atom. The van der Waals surface area contributed by atoms with Gasteiger partial charge in [0, 0.05) is 12.1 Å². The van der Waals surface area contributed by atoms with Crippen LogP contribution in [0.15, 0.2) is 36.5 Å². The van der Waals surface area contributed by atoms with E-state index in [1.807, 2.05) is 0 Å². The fraction of sp³-hybridized carbons (Fsp3) is 0.267. The lowest BCUT2D eigenvalue weighted by Gasteiger charge is -2.07. The molecule has 132 valence electrons. The maximum Gasteiger partial charge on any atom is 0.389 e. The second-order valence-corrected chi connectivity index (χ2v) is 5.05. The zero-order chi connectivity index (χ0) is 18.2. The van der Waals surface area contributed by atoms with Crippen LogP contribution in [0.5, 0.6) is 5.75 Å². The average Bonchev–Trinajstić information content (AvgIpc) is 3.01. The van der Waals surface area contributed by atoms with Gasteiger partial charge in [0.25, 0.3) is 0 Å². The SMILES string of the molecule is O=C(O)CCCOc1ccc(NC(=O)Cn2ccc([N+](=O)[O-])n2)cc1. The number of amides is 1. The van der Waals surface area contributed by atoms with Crippen molar-refractivity contribution in [3.8, 4) is 5.75 Å². The highest BCUT2D eigenvalue weighted by molar-refractivity contribution is 5.90. The van der Waals surface area contributed by atoms with Crippen LogP contribution in [0, 0.1) is 10.1 Å². The van der Waals surface area contributed by atoms with Gasteiger partial charge in [0.1, 0.15) is 12.3 Å². The van der Waals surface area contributed by atoms with Crippen molar-refractivity contribution in [3.63, 3.8) is 0 Å². The highest BCUT2D eigenvalue weighted by Crippen LogP contribution is 2.16. The Balaban J connectivity index is 1.80. The number of carbonyl (C=O) groups is 2. The molecule has 0 bridgehead atoms. The van der Waals surface area contributed by atoms with Gasteiger partial charge in [-0.3, -0.25) is 9.59 Å². The van der Waals surface area contributed by atoms with Crippen molar-refractivity contribution in [3.05, 3.63) is 46.6 Å². The Hall–Kier alpha value is -3.43. The molecule has 0 fully saturated rings. The standard InChI is InChI=1S/C15H16N4O6/c20-14(10-18-8-7-13(17-18)19(23)24)16-11-3-5-12(6-4-11)25-9-1-2-15(21)22/h3-8H,1-2,9-10H2,(H,16,20)(H,21,22). The predicted molar refractivity (Wildman–Crippen MR) is 86.3 cm³/mol. The largest absolute Gasteiger partial charge is 0.494 e. The summed E-state index contributed by atoms with van der Waals surface area (Å²) in [5.74, 6) is -1.01. The third-order valence-corrected chi connectivity index (χ3v) is 3.06. The molecule has 1 amide bonds. The van der Waals surface area contributed by atoms with E-state index in [1.165, 1.54) is 16.9 Å². The van der Waals surface area contributed by atoms with Crippen molar-refractivity contribution in [1.29, 1.82) is 0 Å². The number of hydrogen-bond donors (Lipinski definition) is 2. The molecular weight excluding hydrogens is 332 g/mol. The van der Waals surface area contributed by atoms with Crippen LogP contribution in [-0.2, 0) is 16.1 Å². The first-order chi connectivity index (χ1) is 11.9. The molecule has 0 spiro atoms. The number of nitro groups is 1. The van der Waals surface area contributed by atoms with E-state index in [4.69, 9.17) is 9.84 Å². The first-order valence-corrected chi connectivity index (χ1v) is 7.36. The number of hydrogen-bond acceptors (Lipinski definition) is 6.